The molecule has 4 aromatic rings. The Balaban J connectivity index is 1.58. The van der Waals surface area contributed by atoms with Gasteiger partial charge in [0.2, 0.25) is 34.9 Å². The standard InChI is InChI=1S/C27H20F5NO6/c1-11-15-7-5-13(33-27(35)12(2)38-26-22(31)20(29)19(28)21(30)23(26)32)9-18(15)39-25(11)24(34)16-10-14(36-3)6-8-17(16)37-4/h5-10,12H,1-4H3,(H,33,35). The summed E-state index contributed by atoms with van der Waals surface area (Å²) in [6.45, 7) is 2.73. The van der Waals surface area contributed by atoms with Gasteiger partial charge >= 0.3 is 0 Å². The average molecular weight is 549 g/mol. The number of methoxy groups -OCH3 is 2. The second kappa shape index (κ2) is 10.6. The Hall–Kier alpha value is -4.61. The van der Waals surface area contributed by atoms with Crippen molar-refractivity contribution in [1.29, 1.82) is 0 Å². The van der Waals surface area contributed by atoms with Crippen molar-refractivity contribution in [3.8, 4) is 17.2 Å². The third-order valence-corrected chi connectivity index (χ3v) is 5.90. The number of carbonyl (C=O) groups excluding carboxylic acids is 2. The normalized spacial score (nSPS) is 11.8. The first-order valence-electron chi connectivity index (χ1n) is 11.3. The highest BCUT2D eigenvalue weighted by Crippen LogP contribution is 2.33. The third-order valence-electron chi connectivity index (χ3n) is 5.90. The first-order chi connectivity index (χ1) is 18.5. The Labute approximate surface area is 218 Å². The first-order valence-corrected chi connectivity index (χ1v) is 11.3. The number of anilines is 1. The average Bonchev–Trinajstić information content (AvgIpc) is 3.27. The molecule has 1 atom stereocenters. The number of hydrogen-bond donors (Lipinski definition) is 1. The summed E-state index contributed by atoms with van der Waals surface area (Å²) in [7, 11) is 2.86. The Kier molecular flexibility index (Phi) is 7.48. The van der Waals surface area contributed by atoms with Gasteiger partial charge in [0, 0.05) is 22.7 Å². The lowest BCUT2D eigenvalue weighted by Gasteiger charge is -2.16. The van der Waals surface area contributed by atoms with Crippen LogP contribution in [0.1, 0.15) is 28.6 Å². The summed E-state index contributed by atoms with van der Waals surface area (Å²) < 4.78 is 89.0. The molecule has 0 aliphatic carbocycles. The van der Waals surface area contributed by atoms with Crippen LogP contribution in [0.3, 0.4) is 0 Å². The number of furan rings is 1. The van der Waals surface area contributed by atoms with Gasteiger partial charge in [-0.3, -0.25) is 9.59 Å². The van der Waals surface area contributed by atoms with Gasteiger partial charge in [0.1, 0.15) is 17.1 Å². The number of ketones is 1. The lowest BCUT2D eigenvalue weighted by atomic mass is 10.0. The van der Waals surface area contributed by atoms with Gasteiger partial charge in [0.05, 0.1) is 19.8 Å². The highest BCUT2D eigenvalue weighted by atomic mass is 19.2. The fraction of sp³-hybridized carbons (Fsp3) is 0.185. The van der Waals surface area contributed by atoms with Crippen molar-refractivity contribution in [2.24, 2.45) is 0 Å². The first kappa shape index (κ1) is 27.4. The molecule has 1 heterocycles. The molecular weight excluding hydrogens is 529 g/mol. The zero-order valence-corrected chi connectivity index (χ0v) is 20.9. The van der Waals surface area contributed by atoms with Crippen LogP contribution in [-0.2, 0) is 4.79 Å². The Morgan fingerprint density at radius 3 is 2.13 bits per heavy atom. The molecule has 0 aliphatic heterocycles. The molecule has 39 heavy (non-hydrogen) atoms. The third kappa shape index (κ3) is 4.97. The molecule has 1 aromatic heterocycles. The van der Waals surface area contributed by atoms with Crippen molar-refractivity contribution in [2.45, 2.75) is 20.0 Å². The summed E-state index contributed by atoms with van der Waals surface area (Å²) in [6, 6.07) is 9.14. The number of fused-ring (bicyclic) bond motifs is 1. The lowest BCUT2D eigenvalue weighted by molar-refractivity contribution is -0.122. The molecule has 12 heteroatoms. The fourth-order valence-electron chi connectivity index (χ4n) is 3.80. The second-order valence-corrected chi connectivity index (χ2v) is 8.31. The number of aryl methyl sites for hydroxylation is 1. The quantitative estimate of drug-likeness (QED) is 0.124. The Morgan fingerprint density at radius 2 is 1.51 bits per heavy atom. The SMILES string of the molecule is COc1ccc(OC)c(C(=O)c2oc3cc(NC(=O)C(C)Oc4c(F)c(F)c(F)c(F)c4F)ccc3c2C)c1. The van der Waals surface area contributed by atoms with Gasteiger partial charge in [-0.05, 0) is 44.2 Å². The van der Waals surface area contributed by atoms with Gasteiger partial charge in [-0.25, -0.2) is 13.2 Å². The van der Waals surface area contributed by atoms with E-state index in [1.807, 2.05) is 0 Å². The van der Waals surface area contributed by atoms with E-state index in [1.165, 1.54) is 32.4 Å². The van der Waals surface area contributed by atoms with Gasteiger partial charge in [0.25, 0.3) is 5.91 Å². The maximum Gasteiger partial charge on any atom is 0.265 e. The van der Waals surface area contributed by atoms with Crippen molar-refractivity contribution in [2.75, 3.05) is 19.5 Å². The van der Waals surface area contributed by atoms with E-state index in [9.17, 15) is 31.5 Å². The Bertz CT molecular complexity index is 1590. The minimum Gasteiger partial charge on any atom is -0.497 e. The van der Waals surface area contributed by atoms with Crippen LogP contribution in [0.4, 0.5) is 27.6 Å². The molecule has 1 N–H and O–H groups in total. The van der Waals surface area contributed by atoms with Gasteiger partial charge in [-0.15, -0.1) is 0 Å². The molecular formula is C27H20F5NO6. The summed E-state index contributed by atoms with van der Waals surface area (Å²) in [5, 5.41) is 2.96. The number of amides is 1. The molecule has 0 radical (unpaired) electrons. The zero-order valence-electron chi connectivity index (χ0n) is 20.9. The molecule has 4 rings (SSSR count). The molecule has 0 spiro atoms. The summed E-state index contributed by atoms with van der Waals surface area (Å²) in [6.07, 6.45) is -1.66. The number of ether oxygens (including phenoxy) is 3. The smallest absolute Gasteiger partial charge is 0.265 e. The summed E-state index contributed by atoms with van der Waals surface area (Å²) >= 11 is 0. The van der Waals surface area contributed by atoms with E-state index in [2.05, 4.69) is 5.32 Å². The van der Waals surface area contributed by atoms with Gasteiger partial charge < -0.3 is 23.9 Å². The van der Waals surface area contributed by atoms with E-state index >= 15 is 0 Å². The highest BCUT2D eigenvalue weighted by molar-refractivity contribution is 6.12. The van der Waals surface area contributed by atoms with Crippen LogP contribution in [0.5, 0.6) is 17.2 Å². The molecule has 0 saturated heterocycles. The fourth-order valence-corrected chi connectivity index (χ4v) is 3.80. The molecule has 0 fully saturated rings. The van der Waals surface area contributed by atoms with Crippen molar-refractivity contribution in [1.82, 2.24) is 0 Å². The molecule has 3 aromatic carbocycles. The van der Waals surface area contributed by atoms with Gasteiger partial charge in [0.15, 0.2) is 17.6 Å². The maximum absolute atomic E-state index is 13.9. The van der Waals surface area contributed by atoms with E-state index in [-0.39, 0.29) is 22.6 Å². The molecule has 1 amide bonds. The number of rotatable bonds is 8. The van der Waals surface area contributed by atoms with Crippen LogP contribution in [-0.4, -0.2) is 32.0 Å². The zero-order chi connectivity index (χ0) is 28.6. The monoisotopic (exact) mass is 549 g/mol. The summed E-state index contributed by atoms with van der Waals surface area (Å²) in [5.41, 5.74) is 1.09. The highest BCUT2D eigenvalue weighted by Gasteiger charge is 2.30. The number of carbonyl (C=O) groups is 2. The minimum absolute atomic E-state index is 0.0167. The van der Waals surface area contributed by atoms with Crippen molar-refractivity contribution < 1.29 is 50.2 Å². The largest absolute Gasteiger partial charge is 0.497 e. The maximum atomic E-state index is 13.9. The van der Waals surface area contributed by atoms with Crippen LogP contribution in [0.2, 0.25) is 0 Å². The predicted octanol–water partition coefficient (Wildman–Crippen LogP) is 6.09. The second-order valence-electron chi connectivity index (χ2n) is 8.31. The van der Waals surface area contributed by atoms with Crippen LogP contribution in [0.15, 0.2) is 40.8 Å². The van der Waals surface area contributed by atoms with E-state index in [4.69, 9.17) is 18.6 Å². The number of nitrogens with one attached hydrogen (secondary N) is 1. The van der Waals surface area contributed by atoms with E-state index in [0.29, 0.717) is 22.4 Å². The van der Waals surface area contributed by atoms with Gasteiger partial charge in [-0.1, -0.05) is 0 Å². The van der Waals surface area contributed by atoms with E-state index in [0.717, 1.165) is 6.92 Å². The van der Waals surface area contributed by atoms with Crippen LogP contribution in [0.25, 0.3) is 11.0 Å². The molecule has 0 aliphatic rings. The molecule has 7 nitrogen and oxygen atoms in total. The van der Waals surface area contributed by atoms with Gasteiger partial charge in [-0.2, -0.15) is 8.78 Å². The minimum atomic E-state index is -2.35. The van der Waals surface area contributed by atoms with Crippen LogP contribution < -0.4 is 19.5 Å². The van der Waals surface area contributed by atoms with Crippen molar-refractivity contribution in [3.05, 3.63) is 82.4 Å². The lowest BCUT2D eigenvalue weighted by Crippen LogP contribution is -2.31. The topological polar surface area (TPSA) is 87.0 Å². The van der Waals surface area contributed by atoms with Crippen LogP contribution >= 0.6 is 0 Å². The predicted molar refractivity (Wildman–Crippen MR) is 129 cm³/mol. The number of hydrogen-bond acceptors (Lipinski definition) is 6. The molecule has 1 unspecified atom stereocenters. The number of halogens is 5. The molecule has 0 saturated carbocycles. The van der Waals surface area contributed by atoms with Crippen LogP contribution in [0, 0.1) is 36.0 Å². The van der Waals surface area contributed by atoms with E-state index in [1.54, 1.807) is 25.1 Å². The number of benzene rings is 3. The Morgan fingerprint density at radius 1 is 0.872 bits per heavy atom. The summed E-state index contributed by atoms with van der Waals surface area (Å²) in [5.74, 6) is -13.4. The van der Waals surface area contributed by atoms with Crippen molar-refractivity contribution in [3.63, 3.8) is 0 Å². The van der Waals surface area contributed by atoms with E-state index < -0.39 is 52.6 Å². The summed E-state index contributed by atoms with van der Waals surface area (Å²) in [4.78, 5) is 25.8. The van der Waals surface area contributed by atoms with Crippen molar-refractivity contribution >= 4 is 28.3 Å². The molecule has 0 bridgehead atoms. The molecule has 204 valence electrons.